The van der Waals surface area contributed by atoms with Crippen molar-refractivity contribution in [3.05, 3.63) is 33.6 Å². The molecule has 0 unspecified atom stereocenters. The minimum atomic E-state index is 0.746. The molecule has 3 aromatic rings. The van der Waals surface area contributed by atoms with E-state index < -0.39 is 0 Å². The lowest BCUT2D eigenvalue weighted by Gasteiger charge is -2.09. The Morgan fingerprint density at radius 3 is 3.00 bits per heavy atom. The molecular weight excluding hydrogens is 312 g/mol. The predicted octanol–water partition coefficient (Wildman–Crippen LogP) is 4.30. The summed E-state index contributed by atoms with van der Waals surface area (Å²) in [4.78, 5) is 7.27. The molecule has 0 aromatic carbocycles. The average Bonchev–Trinajstić information content (AvgIpc) is 3.01. The molecule has 92 valence electrons. The van der Waals surface area contributed by atoms with Gasteiger partial charge in [-0.15, -0.1) is 11.3 Å². The number of imidazole rings is 1. The van der Waals surface area contributed by atoms with Gasteiger partial charge in [0, 0.05) is 16.8 Å². The molecule has 0 N–H and O–H groups in total. The summed E-state index contributed by atoms with van der Waals surface area (Å²) < 4.78 is 8.55. The standard InChI is InChI=1S/C13H11BrN2OS/c14-12-6-5-10(17-12)8-7-16-9-3-1-2-4-11(9)18-13(16)15-8/h5-7H,1-4H2. The van der Waals surface area contributed by atoms with Crippen molar-refractivity contribution in [3.8, 4) is 11.5 Å². The molecule has 3 nitrogen and oxygen atoms in total. The van der Waals surface area contributed by atoms with Gasteiger partial charge in [-0.3, -0.25) is 4.40 Å². The van der Waals surface area contributed by atoms with E-state index in [9.17, 15) is 0 Å². The average molecular weight is 323 g/mol. The van der Waals surface area contributed by atoms with Crippen LogP contribution in [0.15, 0.2) is 27.4 Å². The van der Waals surface area contributed by atoms with Crippen LogP contribution < -0.4 is 0 Å². The first-order valence-corrected chi connectivity index (χ1v) is 7.67. The van der Waals surface area contributed by atoms with Crippen molar-refractivity contribution >= 4 is 32.2 Å². The second kappa shape index (κ2) is 3.96. The van der Waals surface area contributed by atoms with Crippen LogP contribution in [0.2, 0.25) is 0 Å². The van der Waals surface area contributed by atoms with Gasteiger partial charge in [0.2, 0.25) is 0 Å². The van der Waals surface area contributed by atoms with Gasteiger partial charge >= 0.3 is 0 Å². The van der Waals surface area contributed by atoms with E-state index in [2.05, 4.69) is 31.5 Å². The molecular formula is C13H11BrN2OS. The molecule has 5 heteroatoms. The predicted molar refractivity (Wildman–Crippen MR) is 75.1 cm³/mol. The SMILES string of the molecule is Brc1ccc(-c2cn3c4c(sc3n2)CCCC4)o1. The summed E-state index contributed by atoms with van der Waals surface area (Å²) >= 11 is 5.15. The summed E-state index contributed by atoms with van der Waals surface area (Å²) in [7, 11) is 0. The highest BCUT2D eigenvalue weighted by molar-refractivity contribution is 9.10. The first-order chi connectivity index (χ1) is 8.81. The molecule has 1 aliphatic carbocycles. The second-order valence-corrected chi connectivity index (χ2v) is 6.41. The highest BCUT2D eigenvalue weighted by Gasteiger charge is 2.18. The molecule has 1 aliphatic rings. The van der Waals surface area contributed by atoms with Crippen LogP contribution in [0.1, 0.15) is 23.4 Å². The van der Waals surface area contributed by atoms with E-state index in [1.54, 1.807) is 0 Å². The Bertz CT molecular complexity index is 725. The van der Waals surface area contributed by atoms with Crippen LogP contribution >= 0.6 is 27.3 Å². The number of aryl methyl sites for hydroxylation is 2. The van der Waals surface area contributed by atoms with Crippen LogP contribution in [0.25, 0.3) is 16.4 Å². The van der Waals surface area contributed by atoms with Gasteiger partial charge in [-0.05, 0) is 53.7 Å². The van der Waals surface area contributed by atoms with Gasteiger partial charge in [-0.25, -0.2) is 4.98 Å². The van der Waals surface area contributed by atoms with Gasteiger partial charge < -0.3 is 4.42 Å². The monoisotopic (exact) mass is 322 g/mol. The number of halogens is 1. The zero-order valence-electron chi connectivity index (χ0n) is 9.65. The van der Waals surface area contributed by atoms with E-state index in [-0.39, 0.29) is 0 Å². The first-order valence-electron chi connectivity index (χ1n) is 6.06. The molecule has 0 saturated carbocycles. The number of furan rings is 1. The van der Waals surface area contributed by atoms with E-state index in [0.717, 1.165) is 21.1 Å². The number of hydrogen-bond donors (Lipinski definition) is 0. The molecule has 0 saturated heterocycles. The van der Waals surface area contributed by atoms with Crippen molar-refractivity contribution in [2.75, 3.05) is 0 Å². The third kappa shape index (κ3) is 1.57. The number of nitrogens with zero attached hydrogens (tertiary/aromatic N) is 2. The summed E-state index contributed by atoms with van der Waals surface area (Å²) in [5.41, 5.74) is 2.37. The normalized spacial score (nSPS) is 15.2. The lowest BCUT2D eigenvalue weighted by atomic mass is 10.0. The second-order valence-electron chi connectivity index (χ2n) is 4.56. The summed E-state index contributed by atoms with van der Waals surface area (Å²) in [5, 5.41) is 0. The van der Waals surface area contributed by atoms with E-state index in [1.165, 1.54) is 36.3 Å². The Labute approximate surface area is 117 Å². The van der Waals surface area contributed by atoms with Crippen LogP contribution in [0.5, 0.6) is 0 Å². The van der Waals surface area contributed by atoms with Crippen molar-refractivity contribution in [1.82, 2.24) is 9.38 Å². The zero-order valence-corrected chi connectivity index (χ0v) is 12.1. The lowest BCUT2D eigenvalue weighted by Crippen LogP contribution is -2.01. The Hall–Kier alpha value is -1.07. The molecule has 0 amide bonds. The minimum absolute atomic E-state index is 0.746. The molecule has 0 atom stereocenters. The summed E-state index contributed by atoms with van der Waals surface area (Å²) in [6.45, 7) is 0. The molecule has 0 spiro atoms. The lowest BCUT2D eigenvalue weighted by molar-refractivity contribution is 0.554. The van der Waals surface area contributed by atoms with Crippen molar-refractivity contribution in [1.29, 1.82) is 0 Å². The van der Waals surface area contributed by atoms with Gasteiger partial charge in [0.05, 0.1) is 0 Å². The third-order valence-electron chi connectivity index (χ3n) is 3.39. The summed E-state index contributed by atoms with van der Waals surface area (Å²) in [5.74, 6) is 0.822. The maximum atomic E-state index is 5.56. The van der Waals surface area contributed by atoms with Gasteiger partial charge in [0.25, 0.3) is 0 Å². The third-order valence-corrected chi connectivity index (χ3v) is 4.98. The number of hydrogen-bond acceptors (Lipinski definition) is 3. The Kier molecular flexibility index (Phi) is 2.38. The maximum absolute atomic E-state index is 5.56. The first kappa shape index (κ1) is 10.8. The van der Waals surface area contributed by atoms with E-state index in [4.69, 9.17) is 4.42 Å². The van der Waals surface area contributed by atoms with Crippen LogP contribution in [0.4, 0.5) is 0 Å². The van der Waals surface area contributed by atoms with Crippen molar-refractivity contribution in [3.63, 3.8) is 0 Å². The van der Waals surface area contributed by atoms with E-state index in [1.807, 2.05) is 23.5 Å². The Morgan fingerprint density at radius 1 is 1.28 bits per heavy atom. The van der Waals surface area contributed by atoms with Crippen molar-refractivity contribution in [2.24, 2.45) is 0 Å². The largest absolute Gasteiger partial charge is 0.448 e. The fraction of sp³-hybridized carbons (Fsp3) is 0.308. The van der Waals surface area contributed by atoms with Gasteiger partial charge in [-0.2, -0.15) is 0 Å². The molecule has 0 radical (unpaired) electrons. The van der Waals surface area contributed by atoms with Gasteiger partial charge in [0.1, 0.15) is 5.69 Å². The van der Waals surface area contributed by atoms with E-state index >= 15 is 0 Å². The molecule has 3 aromatic heterocycles. The smallest absolute Gasteiger partial charge is 0.194 e. The topological polar surface area (TPSA) is 30.4 Å². The number of rotatable bonds is 1. The van der Waals surface area contributed by atoms with Gasteiger partial charge in [0.15, 0.2) is 15.4 Å². The molecule has 4 rings (SSSR count). The number of aromatic nitrogens is 2. The molecule has 0 bridgehead atoms. The highest BCUT2D eigenvalue weighted by atomic mass is 79.9. The highest BCUT2D eigenvalue weighted by Crippen LogP contribution is 2.32. The van der Waals surface area contributed by atoms with E-state index in [0.29, 0.717) is 0 Å². The number of fused-ring (bicyclic) bond motifs is 3. The molecule has 3 heterocycles. The van der Waals surface area contributed by atoms with Crippen LogP contribution in [-0.4, -0.2) is 9.38 Å². The Balaban J connectivity index is 1.87. The fourth-order valence-corrected chi connectivity index (χ4v) is 4.03. The Morgan fingerprint density at radius 2 is 2.17 bits per heavy atom. The number of thiazole rings is 1. The molecule has 0 fully saturated rings. The minimum Gasteiger partial charge on any atom is -0.448 e. The van der Waals surface area contributed by atoms with Crippen LogP contribution in [-0.2, 0) is 12.8 Å². The van der Waals surface area contributed by atoms with Crippen LogP contribution in [0.3, 0.4) is 0 Å². The molecule has 0 aliphatic heterocycles. The van der Waals surface area contributed by atoms with Crippen LogP contribution in [0, 0.1) is 0 Å². The summed E-state index contributed by atoms with van der Waals surface area (Å²) in [6.07, 6.45) is 7.09. The zero-order chi connectivity index (χ0) is 12.1. The quantitative estimate of drug-likeness (QED) is 0.668. The fourth-order valence-electron chi connectivity index (χ4n) is 2.54. The van der Waals surface area contributed by atoms with Gasteiger partial charge in [-0.1, -0.05) is 0 Å². The summed E-state index contributed by atoms with van der Waals surface area (Å²) in [6, 6.07) is 3.85. The maximum Gasteiger partial charge on any atom is 0.194 e. The van der Waals surface area contributed by atoms with Crippen molar-refractivity contribution in [2.45, 2.75) is 25.7 Å². The van der Waals surface area contributed by atoms with Crippen molar-refractivity contribution < 1.29 is 4.42 Å². The molecule has 18 heavy (non-hydrogen) atoms.